The van der Waals surface area contributed by atoms with Crippen molar-refractivity contribution in [1.82, 2.24) is 4.98 Å². The number of rotatable bonds is 6. The average Bonchev–Trinajstić information content (AvgIpc) is 2.46. The fourth-order valence-corrected chi connectivity index (χ4v) is 2.14. The summed E-state index contributed by atoms with van der Waals surface area (Å²) in [6.07, 6.45) is 1.79. The van der Waals surface area contributed by atoms with E-state index in [4.69, 9.17) is 10.5 Å². The molecule has 0 amide bonds. The molecule has 4 heteroatoms. The van der Waals surface area contributed by atoms with E-state index in [1.165, 1.54) is 5.56 Å². The van der Waals surface area contributed by atoms with Gasteiger partial charge in [0.05, 0.1) is 6.61 Å². The molecule has 106 valence electrons. The predicted molar refractivity (Wildman–Crippen MR) is 83.0 cm³/mol. The molecular weight excluding hydrogens is 250 g/mol. The highest BCUT2D eigenvalue weighted by molar-refractivity contribution is 5.53. The van der Waals surface area contributed by atoms with Gasteiger partial charge in [0.25, 0.3) is 0 Å². The Balaban J connectivity index is 2.24. The van der Waals surface area contributed by atoms with Crippen LogP contribution in [-0.2, 0) is 6.54 Å². The summed E-state index contributed by atoms with van der Waals surface area (Å²) in [5, 5.41) is 0. The number of hydrogen-bond acceptors (Lipinski definition) is 4. The molecule has 2 aromatic rings. The molecule has 20 heavy (non-hydrogen) atoms. The van der Waals surface area contributed by atoms with Gasteiger partial charge in [-0.05, 0) is 43.7 Å². The Hall–Kier alpha value is -2.23. The highest BCUT2D eigenvalue weighted by atomic mass is 16.5. The first-order chi connectivity index (χ1) is 9.74. The van der Waals surface area contributed by atoms with E-state index < -0.39 is 0 Å². The van der Waals surface area contributed by atoms with Crippen molar-refractivity contribution in [2.24, 2.45) is 0 Å². The van der Waals surface area contributed by atoms with Gasteiger partial charge in [-0.1, -0.05) is 12.1 Å². The third kappa shape index (κ3) is 3.41. The molecule has 1 aromatic carbocycles. The van der Waals surface area contributed by atoms with Crippen molar-refractivity contribution in [3.8, 4) is 5.75 Å². The molecule has 0 aliphatic carbocycles. The summed E-state index contributed by atoms with van der Waals surface area (Å²) in [5.74, 6) is 1.69. The quantitative estimate of drug-likeness (QED) is 0.820. The minimum Gasteiger partial charge on any atom is -0.490 e. The summed E-state index contributed by atoms with van der Waals surface area (Å²) >= 11 is 0. The molecule has 0 saturated heterocycles. The largest absolute Gasteiger partial charge is 0.490 e. The summed E-state index contributed by atoms with van der Waals surface area (Å²) in [5.41, 5.74) is 7.78. The molecule has 2 rings (SSSR count). The zero-order valence-electron chi connectivity index (χ0n) is 12.0. The number of hydrogen-bond donors (Lipinski definition) is 1. The summed E-state index contributed by atoms with van der Waals surface area (Å²) in [6.45, 7) is 6.33. The van der Waals surface area contributed by atoms with Crippen molar-refractivity contribution < 1.29 is 4.74 Å². The van der Waals surface area contributed by atoms with Crippen LogP contribution in [0.15, 0.2) is 42.6 Å². The van der Waals surface area contributed by atoms with Crippen molar-refractivity contribution in [3.63, 3.8) is 0 Å². The second kappa shape index (κ2) is 6.80. The normalized spacial score (nSPS) is 10.3. The van der Waals surface area contributed by atoms with Gasteiger partial charge >= 0.3 is 0 Å². The standard InChI is InChI=1S/C16H21N3O/c1-3-19(12-13-7-5-8-14(17)11-13)16-15(20-4-2)9-6-10-18-16/h5-11H,3-4,12,17H2,1-2H3. The van der Waals surface area contributed by atoms with Gasteiger partial charge in [0.2, 0.25) is 0 Å². The molecule has 0 unspecified atom stereocenters. The van der Waals surface area contributed by atoms with E-state index in [9.17, 15) is 0 Å². The summed E-state index contributed by atoms with van der Waals surface area (Å²) in [6, 6.07) is 11.8. The molecule has 0 aliphatic rings. The van der Waals surface area contributed by atoms with E-state index in [1.54, 1.807) is 6.20 Å². The monoisotopic (exact) mass is 271 g/mol. The molecule has 1 aromatic heterocycles. The van der Waals surface area contributed by atoms with E-state index >= 15 is 0 Å². The molecule has 2 N–H and O–H groups in total. The molecule has 1 heterocycles. The third-order valence-corrected chi connectivity index (χ3v) is 3.06. The lowest BCUT2D eigenvalue weighted by Crippen LogP contribution is -2.23. The highest BCUT2D eigenvalue weighted by Gasteiger charge is 2.12. The fourth-order valence-electron chi connectivity index (χ4n) is 2.14. The smallest absolute Gasteiger partial charge is 0.171 e. The van der Waals surface area contributed by atoms with Crippen LogP contribution in [0, 0.1) is 0 Å². The molecule has 0 saturated carbocycles. The van der Waals surface area contributed by atoms with E-state index in [1.807, 2.05) is 37.3 Å². The van der Waals surface area contributed by atoms with Crippen molar-refractivity contribution in [2.45, 2.75) is 20.4 Å². The van der Waals surface area contributed by atoms with Gasteiger partial charge < -0.3 is 15.4 Å². The third-order valence-electron chi connectivity index (χ3n) is 3.06. The highest BCUT2D eigenvalue weighted by Crippen LogP contribution is 2.26. The first-order valence-electron chi connectivity index (χ1n) is 6.91. The van der Waals surface area contributed by atoms with Crippen LogP contribution in [0.5, 0.6) is 5.75 Å². The number of pyridine rings is 1. The van der Waals surface area contributed by atoms with Crippen LogP contribution in [0.1, 0.15) is 19.4 Å². The maximum atomic E-state index is 5.83. The number of anilines is 2. The van der Waals surface area contributed by atoms with Gasteiger partial charge in [-0.25, -0.2) is 4.98 Å². The van der Waals surface area contributed by atoms with Crippen LogP contribution in [0.2, 0.25) is 0 Å². The maximum absolute atomic E-state index is 5.83. The van der Waals surface area contributed by atoms with Gasteiger partial charge in [0, 0.05) is 25.0 Å². The maximum Gasteiger partial charge on any atom is 0.171 e. The summed E-state index contributed by atoms with van der Waals surface area (Å²) in [7, 11) is 0. The van der Waals surface area contributed by atoms with Crippen molar-refractivity contribution >= 4 is 11.5 Å². The van der Waals surface area contributed by atoms with Crippen molar-refractivity contribution in [3.05, 3.63) is 48.2 Å². The zero-order valence-corrected chi connectivity index (χ0v) is 12.0. The van der Waals surface area contributed by atoms with Crippen LogP contribution in [0.4, 0.5) is 11.5 Å². The molecule has 0 bridgehead atoms. The second-order valence-electron chi connectivity index (χ2n) is 4.52. The lowest BCUT2D eigenvalue weighted by Gasteiger charge is -2.24. The van der Waals surface area contributed by atoms with Gasteiger partial charge in [-0.15, -0.1) is 0 Å². The minimum atomic E-state index is 0.633. The number of aromatic nitrogens is 1. The number of nitrogen functional groups attached to an aromatic ring is 1. The summed E-state index contributed by atoms with van der Waals surface area (Å²) < 4.78 is 5.65. The SMILES string of the molecule is CCOc1cccnc1N(CC)Cc1cccc(N)c1. The molecule has 4 nitrogen and oxygen atoms in total. The van der Waals surface area contributed by atoms with Gasteiger partial charge in [-0.2, -0.15) is 0 Å². The zero-order chi connectivity index (χ0) is 14.4. The van der Waals surface area contributed by atoms with Crippen LogP contribution >= 0.6 is 0 Å². The lowest BCUT2D eigenvalue weighted by atomic mass is 10.2. The fraction of sp³-hybridized carbons (Fsp3) is 0.312. The Morgan fingerprint density at radius 2 is 2.05 bits per heavy atom. The number of nitrogens with two attached hydrogens (primary N) is 1. The van der Waals surface area contributed by atoms with E-state index in [-0.39, 0.29) is 0 Å². The van der Waals surface area contributed by atoms with E-state index in [0.29, 0.717) is 6.61 Å². The van der Waals surface area contributed by atoms with Crippen molar-refractivity contribution in [2.75, 3.05) is 23.8 Å². The Kier molecular flexibility index (Phi) is 4.82. The molecule has 0 atom stereocenters. The minimum absolute atomic E-state index is 0.633. The van der Waals surface area contributed by atoms with E-state index in [2.05, 4.69) is 22.9 Å². The molecule has 0 aliphatic heterocycles. The van der Waals surface area contributed by atoms with E-state index in [0.717, 1.165) is 30.3 Å². The van der Waals surface area contributed by atoms with Crippen LogP contribution in [0.25, 0.3) is 0 Å². The lowest BCUT2D eigenvalue weighted by molar-refractivity contribution is 0.339. The van der Waals surface area contributed by atoms with Crippen LogP contribution < -0.4 is 15.4 Å². The van der Waals surface area contributed by atoms with Gasteiger partial charge in [0.1, 0.15) is 0 Å². The molecule has 0 spiro atoms. The predicted octanol–water partition coefficient (Wildman–Crippen LogP) is 3.09. The topological polar surface area (TPSA) is 51.4 Å². The number of nitrogens with zero attached hydrogens (tertiary/aromatic N) is 2. The first-order valence-corrected chi connectivity index (χ1v) is 6.91. The molecular formula is C16H21N3O. The number of ether oxygens (including phenoxy) is 1. The number of benzene rings is 1. The molecule has 0 radical (unpaired) electrons. The van der Waals surface area contributed by atoms with Crippen LogP contribution in [0.3, 0.4) is 0 Å². The second-order valence-corrected chi connectivity index (χ2v) is 4.52. The van der Waals surface area contributed by atoms with Crippen molar-refractivity contribution in [1.29, 1.82) is 0 Å². The molecule has 0 fully saturated rings. The average molecular weight is 271 g/mol. The van der Waals surface area contributed by atoms with Gasteiger partial charge in [-0.3, -0.25) is 0 Å². The Morgan fingerprint density at radius 3 is 2.75 bits per heavy atom. The van der Waals surface area contributed by atoms with Crippen LogP contribution in [-0.4, -0.2) is 18.1 Å². The Bertz CT molecular complexity index is 557. The Labute approximate surface area is 120 Å². The summed E-state index contributed by atoms with van der Waals surface area (Å²) in [4.78, 5) is 6.64. The Morgan fingerprint density at radius 1 is 1.20 bits per heavy atom. The van der Waals surface area contributed by atoms with Gasteiger partial charge in [0.15, 0.2) is 11.6 Å². The first kappa shape index (κ1) is 14.2.